The van der Waals surface area contributed by atoms with Crippen molar-refractivity contribution >= 4 is 22.8 Å². The molecule has 0 unspecified atom stereocenters. The molecule has 1 aliphatic carbocycles. The number of nitrogens with one attached hydrogen (secondary N) is 2. The summed E-state index contributed by atoms with van der Waals surface area (Å²) < 4.78 is 12.0. The number of ether oxygens (including phenoxy) is 1. The number of carbonyl (C=O) groups excluding carboxylic acids is 1. The standard InChI is InChI=1S/C21H23N5O4/c1-12-14-9-13-5-8-21(6-3-2-4-7-21)30-16(13)11-17(14)29-19(28)15(12)10-18(27)22-20-23-25-26-24-20/h9,11H,2-8,10H2,1H3,(H2,22,23,24,25,26,27). The number of aromatic nitrogens is 4. The molecule has 9 heteroatoms. The van der Waals surface area contributed by atoms with Crippen molar-refractivity contribution in [2.45, 2.75) is 63.9 Å². The largest absolute Gasteiger partial charge is 0.487 e. The van der Waals surface area contributed by atoms with Gasteiger partial charge in [-0.3, -0.25) is 10.1 Å². The van der Waals surface area contributed by atoms with Crippen molar-refractivity contribution < 1.29 is 13.9 Å². The molecule has 9 nitrogen and oxygen atoms in total. The van der Waals surface area contributed by atoms with Crippen LogP contribution in [-0.2, 0) is 17.6 Å². The fourth-order valence-electron chi connectivity index (χ4n) is 4.69. The Morgan fingerprint density at radius 2 is 2.07 bits per heavy atom. The van der Waals surface area contributed by atoms with Gasteiger partial charge in [0.15, 0.2) is 0 Å². The van der Waals surface area contributed by atoms with Crippen LogP contribution in [0.15, 0.2) is 21.3 Å². The summed E-state index contributed by atoms with van der Waals surface area (Å²) in [6.45, 7) is 1.84. The fraction of sp³-hybridized carbons (Fsp3) is 0.476. The third-order valence-electron chi connectivity index (χ3n) is 6.34. The zero-order valence-corrected chi connectivity index (χ0v) is 16.8. The number of anilines is 1. The number of rotatable bonds is 3. The van der Waals surface area contributed by atoms with Crippen LogP contribution in [0.3, 0.4) is 0 Å². The zero-order chi connectivity index (χ0) is 20.7. The lowest BCUT2D eigenvalue weighted by atomic mass is 9.79. The van der Waals surface area contributed by atoms with E-state index < -0.39 is 11.5 Å². The number of fused-ring (bicyclic) bond motifs is 2. The quantitative estimate of drug-likeness (QED) is 0.638. The number of aryl methyl sites for hydroxylation is 2. The molecular formula is C21H23N5O4. The average molecular weight is 409 g/mol. The molecule has 0 atom stereocenters. The first-order chi connectivity index (χ1) is 14.5. The van der Waals surface area contributed by atoms with Gasteiger partial charge in [0.2, 0.25) is 5.91 Å². The minimum absolute atomic E-state index is 0.0608. The van der Waals surface area contributed by atoms with Gasteiger partial charge in [-0.1, -0.05) is 11.5 Å². The van der Waals surface area contributed by atoms with E-state index in [9.17, 15) is 9.59 Å². The highest BCUT2D eigenvalue weighted by atomic mass is 16.5. The minimum atomic E-state index is -0.522. The second-order valence-electron chi connectivity index (χ2n) is 8.26. The monoisotopic (exact) mass is 409 g/mol. The number of aromatic amines is 1. The number of hydrogen-bond donors (Lipinski definition) is 2. The van der Waals surface area contributed by atoms with Gasteiger partial charge in [0.25, 0.3) is 5.95 Å². The Kier molecular flexibility index (Phi) is 4.52. The molecule has 156 valence electrons. The number of nitrogens with zero attached hydrogens (tertiary/aromatic N) is 3. The Bertz CT molecular complexity index is 1160. The maximum atomic E-state index is 12.6. The fourth-order valence-corrected chi connectivity index (χ4v) is 4.69. The van der Waals surface area contributed by atoms with Crippen molar-refractivity contribution in [3.8, 4) is 5.75 Å². The number of hydrogen-bond acceptors (Lipinski definition) is 7. The predicted molar refractivity (Wildman–Crippen MR) is 108 cm³/mol. The summed E-state index contributed by atoms with van der Waals surface area (Å²) >= 11 is 0. The molecule has 1 aromatic carbocycles. The summed E-state index contributed by atoms with van der Waals surface area (Å²) in [5.74, 6) is 0.471. The third-order valence-corrected chi connectivity index (χ3v) is 6.34. The van der Waals surface area contributed by atoms with Crippen LogP contribution in [0, 0.1) is 6.92 Å². The summed E-state index contributed by atoms with van der Waals surface area (Å²) in [5.41, 5.74) is 2.09. The van der Waals surface area contributed by atoms with Crippen LogP contribution in [0.4, 0.5) is 5.95 Å². The van der Waals surface area contributed by atoms with Gasteiger partial charge in [-0.05, 0) is 67.9 Å². The molecule has 5 rings (SSSR count). The molecule has 0 radical (unpaired) electrons. The molecule has 0 bridgehead atoms. The number of amides is 1. The van der Waals surface area contributed by atoms with Gasteiger partial charge in [0, 0.05) is 11.5 Å². The number of tetrazole rings is 1. The van der Waals surface area contributed by atoms with Gasteiger partial charge in [-0.2, -0.15) is 5.21 Å². The van der Waals surface area contributed by atoms with E-state index in [1.165, 1.54) is 19.3 Å². The summed E-state index contributed by atoms with van der Waals surface area (Å²) in [5, 5.41) is 16.3. The highest BCUT2D eigenvalue weighted by Gasteiger charge is 2.37. The molecule has 0 saturated heterocycles. The van der Waals surface area contributed by atoms with Crippen molar-refractivity contribution in [1.29, 1.82) is 0 Å². The first-order valence-corrected chi connectivity index (χ1v) is 10.3. The van der Waals surface area contributed by atoms with E-state index in [4.69, 9.17) is 9.15 Å². The molecule has 1 amide bonds. The molecule has 1 fully saturated rings. The highest BCUT2D eigenvalue weighted by molar-refractivity contribution is 5.92. The van der Waals surface area contributed by atoms with Crippen molar-refractivity contribution in [3.63, 3.8) is 0 Å². The van der Waals surface area contributed by atoms with Crippen LogP contribution in [-0.4, -0.2) is 32.1 Å². The minimum Gasteiger partial charge on any atom is -0.487 e. The SMILES string of the molecule is Cc1c(CC(=O)Nc2nn[nH]n2)c(=O)oc2cc3c(cc12)CCC1(CCCCC1)O3. The second-order valence-corrected chi connectivity index (χ2v) is 8.26. The number of benzene rings is 1. The van der Waals surface area contributed by atoms with Gasteiger partial charge in [0.05, 0.1) is 12.0 Å². The van der Waals surface area contributed by atoms with E-state index >= 15 is 0 Å². The molecule has 1 spiro atoms. The lowest BCUT2D eigenvalue weighted by Gasteiger charge is -2.41. The molecule has 2 N–H and O–H groups in total. The Balaban J connectivity index is 1.46. The molecule has 3 aromatic rings. The summed E-state index contributed by atoms with van der Waals surface area (Å²) in [6.07, 6.45) is 7.67. The number of H-pyrrole nitrogens is 1. The number of carbonyl (C=O) groups is 1. The summed E-state index contributed by atoms with van der Waals surface area (Å²) in [6, 6.07) is 3.89. The Labute approximate surface area is 172 Å². The smallest absolute Gasteiger partial charge is 0.340 e. The van der Waals surface area contributed by atoms with Gasteiger partial charge in [-0.15, -0.1) is 5.10 Å². The van der Waals surface area contributed by atoms with Crippen molar-refractivity contribution in [2.24, 2.45) is 0 Å². The summed E-state index contributed by atoms with van der Waals surface area (Å²) in [4.78, 5) is 24.9. The zero-order valence-electron chi connectivity index (χ0n) is 16.8. The van der Waals surface area contributed by atoms with Crippen molar-refractivity contribution in [1.82, 2.24) is 20.6 Å². The van der Waals surface area contributed by atoms with Crippen LogP contribution in [0.5, 0.6) is 5.75 Å². The highest BCUT2D eigenvalue weighted by Crippen LogP contribution is 2.43. The van der Waals surface area contributed by atoms with Crippen LogP contribution in [0.2, 0.25) is 0 Å². The first kappa shape index (κ1) is 18.8. The molecule has 30 heavy (non-hydrogen) atoms. The third kappa shape index (κ3) is 3.34. The molecule has 2 aromatic heterocycles. The molecular weight excluding hydrogens is 386 g/mol. The van der Waals surface area contributed by atoms with Crippen LogP contribution < -0.4 is 15.7 Å². The van der Waals surface area contributed by atoms with Gasteiger partial charge < -0.3 is 9.15 Å². The Morgan fingerprint density at radius 1 is 1.23 bits per heavy atom. The second kappa shape index (κ2) is 7.23. The van der Waals surface area contributed by atoms with Crippen molar-refractivity contribution in [3.05, 3.63) is 39.2 Å². The van der Waals surface area contributed by atoms with Crippen LogP contribution in [0.25, 0.3) is 11.0 Å². The maximum Gasteiger partial charge on any atom is 0.340 e. The Morgan fingerprint density at radius 3 is 2.83 bits per heavy atom. The lowest BCUT2D eigenvalue weighted by molar-refractivity contribution is -0.115. The lowest BCUT2D eigenvalue weighted by Crippen LogP contribution is -2.41. The molecule has 2 aliphatic rings. The van der Waals surface area contributed by atoms with Gasteiger partial charge in [-0.25, -0.2) is 4.79 Å². The van der Waals surface area contributed by atoms with Crippen molar-refractivity contribution in [2.75, 3.05) is 5.32 Å². The topological polar surface area (TPSA) is 123 Å². The van der Waals surface area contributed by atoms with E-state index in [2.05, 4.69) is 25.9 Å². The molecule has 1 aliphatic heterocycles. The maximum absolute atomic E-state index is 12.6. The van der Waals surface area contributed by atoms with Gasteiger partial charge in [0.1, 0.15) is 16.9 Å². The van der Waals surface area contributed by atoms with E-state index in [1.54, 1.807) is 0 Å². The normalized spacial score (nSPS) is 17.5. The van der Waals surface area contributed by atoms with Crippen LogP contribution in [0.1, 0.15) is 55.2 Å². The van der Waals surface area contributed by atoms with E-state index in [1.807, 2.05) is 19.1 Å². The molecule has 3 heterocycles. The van der Waals surface area contributed by atoms with Gasteiger partial charge >= 0.3 is 5.63 Å². The Hall–Kier alpha value is -3.23. The molecule has 1 saturated carbocycles. The van der Waals surface area contributed by atoms with E-state index in [0.29, 0.717) is 11.1 Å². The van der Waals surface area contributed by atoms with E-state index in [-0.39, 0.29) is 18.0 Å². The van der Waals surface area contributed by atoms with Crippen LogP contribution >= 0.6 is 0 Å². The predicted octanol–water partition coefficient (Wildman–Crippen LogP) is 2.82. The first-order valence-electron chi connectivity index (χ1n) is 10.3. The average Bonchev–Trinajstić information content (AvgIpc) is 3.23. The summed E-state index contributed by atoms with van der Waals surface area (Å²) in [7, 11) is 0. The van der Waals surface area contributed by atoms with E-state index in [0.717, 1.165) is 47.9 Å².